The van der Waals surface area contributed by atoms with Gasteiger partial charge in [0, 0.05) is 25.8 Å². The van der Waals surface area contributed by atoms with Crippen molar-refractivity contribution in [1.82, 2.24) is 19.4 Å². The van der Waals surface area contributed by atoms with Gasteiger partial charge in [-0.3, -0.25) is 9.89 Å². The largest absolute Gasteiger partial charge is 0.335 e. The molecule has 2 saturated heterocycles. The Balaban J connectivity index is 1.56. The Morgan fingerprint density at radius 2 is 2.13 bits per heavy atom. The number of carbonyl (C=O) groups is 1. The van der Waals surface area contributed by atoms with E-state index >= 15 is 0 Å². The second kappa shape index (κ2) is 5.15. The number of aromatic amines is 1. The zero-order valence-electron chi connectivity index (χ0n) is 12.3. The van der Waals surface area contributed by atoms with Crippen molar-refractivity contribution < 1.29 is 13.2 Å². The summed E-state index contributed by atoms with van der Waals surface area (Å²) in [6.45, 7) is 1.52. The molecule has 9 heteroatoms. The molecule has 1 spiro atoms. The standard InChI is InChI=1S/C14H16N4O3S2/c19-13(11-3-6-15-16-11)17-7-4-14(10-17)5-8-18(14)23(20,21)12-2-1-9-22-12/h1-3,6,9H,4-5,7-8,10H2,(H,15,16). The van der Waals surface area contributed by atoms with E-state index in [4.69, 9.17) is 0 Å². The van der Waals surface area contributed by atoms with Crippen LogP contribution in [0.1, 0.15) is 23.3 Å². The molecule has 2 aromatic heterocycles. The number of carbonyl (C=O) groups excluding carboxylic acids is 1. The lowest BCUT2D eigenvalue weighted by atomic mass is 9.87. The van der Waals surface area contributed by atoms with E-state index in [0.717, 1.165) is 6.42 Å². The fourth-order valence-electron chi connectivity index (χ4n) is 3.40. The van der Waals surface area contributed by atoms with Gasteiger partial charge in [-0.2, -0.15) is 9.40 Å². The van der Waals surface area contributed by atoms with Crippen molar-refractivity contribution in [2.24, 2.45) is 0 Å². The summed E-state index contributed by atoms with van der Waals surface area (Å²) in [5.41, 5.74) is -0.00700. The van der Waals surface area contributed by atoms with E-state index < -0.39 is 15.6 Å². The molecule has 23 heavy (non-hydrogen) atoms. The van der Waals surface area contributed by atoms with Gasteiger partial charge in [-0.1, -0.05) is 6.07 Å². The van der Waals surface area contributed by atoms with Gasteiger partial charge in [0.25, 0.3) is 15.9 Å². The zero-order valence-corrected chi connectivity index (χ0v) is 13.9. The van der Waals surface area contributed by atoms with Crippen molar-refractivity contribution in [3.8, 4) is 0 Å². The van der Waals surface area contributed by atoms with Crippen molar-refractivity contribution >= 4 is 27.3 Å². The average Bonchev–Trinajstić information content (AvgIpc) is 3.25. The van der Waals surface area contributed by atoms with Crippen LogP contribution in [0.15, 0.2) is 34.0 Å². The summed E-state index contributed by atoms with van der Waals surface area (Å²) in [6.07, 6.45) is 3.01. The number of sulfonamides is 1. The normalized spacial score (nSPS) is 25.0. The number of rotatable bonds is 3. The van der Waals surface area contributed by atoms with Gasteiger partial charge in [0.2, 0.25) is 0 Å². The Labute approximate surface area is 138 Å². The van der Waals surface area contributed by atoms with Crippen molar-refractivity contribution in [1.29, 1.82) is 0 Å². The quantitative estimate of drug-likeness (QED) is 0.898. The van der Waals surface area contributed by atoms with E-state index in [1.807, 2.05) is 0 Å². The van der Waals surface area contributed by atoms with Crippen LogP contribution in [0.4, 0.5) is 0 Å². The summed E-state index contributed by atoms with van der Waals surface area (Å²) in [7, 11) is -3.46. The third-order valence-electron chi connectivity index (χ3n) is 4.70. The lowest BCUT2D eigenvalue weighted by Crippen LogP contribution is -2.63. The minimum Gasteiger partial charge on any atom is -0.335 e. The third-order valence-corrected chi connectivity index (χ3v) is 8.08. The van der Waals surface area contributed by atoms with Crippen LogP contribution < -0.4 is 0 Å². The lowest BCUT2D eigenvalue weighted by molar-refractivity contribution is 0.0621. The molecule has 2 aromatic rings. The molecular weight excluding hydrogens is 336 g/mol. The van der Waals surface area contributed by atoms with Crippen LogP contribution in [0.25, 0.3) is 0 Å². The Hall–Kier alpha value is -1.71. The van der Waals surface area contributed by atoms with Gasteiger partial charge >= 0.3 is 0 Å². The van der Waals surface area contributed by atoms with Crippen LogP contribution >= 0.6 is 11.3 Å². The molecule has 0 saturated carbocycles. The maximum atomic E-state index is 12.8. The first-order valence-corrected chi connectivity index (χ1v) is 9.70. The van der Waals surface area contributed by atoms with Gasteiger partial charge in [0.15, 0.2) is 0 Å². The Morgan fingerprint density at radius 3 is 2.74 bits per heavy atom. The van der Waals surface area contributed by atoms with E-state index in [1.165, 1.54) is 17.5 Å². The van der Waals surface area contributed by atoms with Crippen LogP contribution in [-0.2, 0) is 10.0 Å². The fourth-order valence-corrected chi connectivity index (χ4v) is 6.32. The molecule has 2 fully saturated rings. The second-order valence-electron chi connectivity index (χ2n) is 5.93. The van der Waals surface area contributed by atoms with E-state index in [2.05, 4.69) is 10.2 Å². The number of hydrogen-bond donors (Lipinski definition) is 1. The maximum Gasteiger partial charge on any atom is 0.271 e. The van der Waals surface area contributed by atoms with Gasteiger partial charge in [0.05, 0.1) is 5.54 Å². The fraction of sp³-hybridized carbons (Fsp3) is 0.429. The molecule has 1 atom stereocenters. The predicted molar refractivity (Wildman–Crippen MR) is 84.7 cm³/mol. The van der Waals surface area contributed by atoms with Crippen LogP contribution in [0.2, 0.25) is 0 Å². The summed E-state index contributed by atoms with van der Waals surface area (Å²) < 4.78 is 27.5. The molecule has 0 radical (unpaired) electrons. The zero-order chi connectivity index (χ0) is 16.1. The Kier molecular flexibility index (Phi) is 3.33. The summed E-state index contributed by atoms with van der Waals surface area (Å²) >= 11 is 1.23. The number of nitrogens with zero attached hydrogens (tertiary/aromatic N) is 3. The highest BCUT2D eigenvalue weighted by atomic mass is 32.2. The second-order valence-corrected chi connectivity index (χ2v) is 8.97. The molecule has 1 N–H and O–H groups in total. The van der Waals surface area contributed by atoms with Crippen molar-refractivity contribution in [2.75, 3.05) is 19.6 Å². The molecule has 0 aliphatic carbocycles. The van der Waals surface area contributed by atoms with Gasteiger partial charge in [-0.05, 0) is 30.4 Å². The molecule has 2 aliphatic rings. The minimum atomic E-state index is -3.46. The number of nitrogens with one attached hydrogen (secondary N) is 1. The van der Waals surface area contributed by atoms with Crippen molar-refractivity contribution in [2.45, 2.75) is 22.6 Å². The van der Waals surface area contributed by atoms with Crippen molar-refractivity contribution in [3.63, 3.8) is 0 Å². The number of hydrogen-bond acceptors (Lipinski definition) is 5. The minimum absolute atomic E-state index is 0.125. The summed E-state index contributed by atoms with van der Waals surface area (Å²) in [4.78, 5) is 14.1. The van der Waals surface area contributed by atoms with Crippen LogP contribution in [0.3, 0.4) is 0 Å². The summed E-state index contributed by atoms with van der Waals surface area (Å²) in [5.74, 6) is -0.125. The van der Waals surface area contributed by atoms with Gasteiger partial charge in [0.1, 0.15) is 9.90 Å². The predicted octanol–water partition coefficient (Wildman–Crippen LogP) is 1.15. The number of likely N-dealkylation sites (tertiary alicyclic amines) is 1. The monoisotopic (exact) mass is 352 g/mol. The summed E-state index contributed by atoms with van der Waals surface area (Å²) in [5, 5.41) is 8.23. The molecule has 0 bridgehead atoms. The average molecular weight is 352 g/mol. The molecular formula is C14H16N4O3S2. The van der Waals surface area contributed by atoms with E-state index in [0.29, 0.717) is 36.0 Å². The SMILES string of the molecule is O=C(c1ccn[nH]1)N1CCC2(CCN2S(=O)(=O)c2cccs2)C1. The van der Waals surface area contributed by atoms with Crippen LogP contribution in [0.5, 0.6) is 0 Å². The molecule has 122 valence electrons. The molecule has 2 aliphatic heterocycles. The number of amides is 1. The molecule has 4 heterocycles. The highest BCUT2D eigenvalue weighted by molar-refractivity contribution is 7.91. The molecule has 1 amide bonds. The molecule has 7 nitrogen and oxygen atoms in total. The highest BCUT2D eigenvalue weighted by Crippen LogP contribution is 2.43. The first-order chi connectivity index (χ1) is 11.0. The van der Waals surface area contributed by atoms with Gasteiger partial charge in [-0.15, -0.1) is 11.3 Å². The number of thiophene rings is 1. The number of H-pyrrole nitrogens is 1. The maximum absolute atomic E-state index is 12.8. The third kappa shape index (κ3) is 2.22. The van der Waals surface area contributed by atoms with Crippen molar-refractivity contribution in [3.05, 3.63) is 35.5 Å². The number of aromatic nitrogens is 2. The van der Waals surface area contributed by atoms with E-state index in [-0.39, 0.29) is 5.91 Å². The highest BCUT2D eigenvalue weighted by Gasteiger charge is 2.55. The molecule has 1 unspecified atom stereocenters. The molecule has 4 rings (SSSR count). The smallest absolute Gasteiger partial charge is 0.271 e. The lowest BCUT2D eigenvalue weighted by Gasteiger charge is -2.48. The van der Waals surface area contributed by atoms with E-state index in [1.54, 1.807) is 32.8 Å². The summed E-state index contributed by atoms with van der Waals surface area (Å²) in [6, 6.07) is 5.01. The van der Waals surface area contributed by atoms with Gasteiger partial charge in [-0.25, -0.2) is 8.42 Å². The first-order valence-electron chi connectivity index (χ1n) is 7.38. The molecule has 0 aromatic carbocycles. The van der Waals surface area contributed by atoms with Gasteiger partial charge < -0.3 is 4.90 Å². The topological polar surface area (TPSA) is 86.4 Å². The van der Waals surface area contributed by atoms with E-state index in [9.17, 15) is 13.2 Å². The first kappa shape index (κ1) is 14.9. The van der Waals surface area contributed by atoms with Crippen LogP contribution in [-0.4, -0.2) is 58.9 Å². The van der Waals surface area contributed by atoms with Crippen LogP contribution in [0, 0.1) is 0 Å². The Morgan fingerprint density at radius 1 is 1.30 bits per heavy atom. The Bertz CT molecular complexity index is 816.